The minimum Gasteiger partial charge on any atom is -0.493 e. The molecule has 0 unspecified atom stereocenters. The normalized spacial score (nSPS) is 11.2. The van der Waals surface area contributed by atoms with E-state index in [1.54, 1.807) is 29.7 Å². The van der Waals surface area contributed by atoms with Crippen molar-refractivity contribution in [1.29, 1.82) is 0 Å². The molecule has 2 aromatic carbocycles. The summed E-state index contributed by atoms with van der Waals surface area (Å²) in [5, 5.41) is 0.834. The zero-order valence-corrected chi connectivity index (χ0v) is 17.7. The molecule has 0 saturated carbocycles. The second-order valence-corrected chi connectivity index (χ2v) is 7.45. The molecule has 1 amide bonds. The van der Waals surface area contributed by atoms with Crippen molar-refractivity contribution in [1.82, 2.24) is 14.1 Å². The number of amides is 1. The number of ether oxygens (including phenoxy) is 2. The summed E-state index contributed by atoms with van der Waals surface area (Å²) >= 11 is 0. The monoisotopic (exact) mass is 420 g/mol. The minimum atomic E-state index is -0.514. The number of aryl methyl sites for hydroxylation is 3. The molecule has 160 valence electrons. The van der Waals surface area contributed by atoms with Gasteiger partial charge >= 0.3 is 0 Å². The number of carbonyl (C=O) groups is 1. The first-order valence-corrected chi connectivity index (χ1v) is 9.90. The number of nitrogens with zero attached hydrogens (tertiary/aromatic N) is 3. The quantitative estimate of drug-likeness (QED) is 0.495. The molecule has 0 fully saturated rings. The second kappa shape index (κ2) is 8.14. The van der Waals surface area contributed by atoms with Crippen LogP contribution in [0.25, 0.3) is 21.9 Å². The van der Waals surface area contributed by atoms with Crippen molar-refractivity contribution in [3.63, 3.8) is 0 Å². The highest BCUT2D eigenvalue weighted by Gasteiger charge is 2.18. The average Bonchev–Trinajstić information content (AvgIpc) is 3.05. The Kier molecular flexibility index (Phi) is 5.37. The smallest absolute Gasteiger partial charge is 0.277 e. The van der Waals surface area contributed by atoms with Crippen LogP contribution in [-0.2, 0) is 24.3 Å². The number of hydrogen-bond acceptors (Lipinski definition) is 5. The van der Waals surface area contributed by atoms with Crippen LogP contribution in [0.4, 0.5) is 0 Å². The van der Waals surface area contributed by atoms with Gasteiger partial charge in [0.1, 0.15) is 17.6 Å². The van der Waals surface area contributed by atoms with E-state index in [2.05, 4.69) is 4.98 Å². The van der Waals surface area contributed by atoms with Crippen LogP contribution in [0.1, 0.15) is 11.1 Å². The lowest BCUT2D eigenvalue weighted by molar-refractivity contribution is -0.118. The fourth-order valence-corrected chi connectivity index (χ4v) is 3.88. The summed E-state index contributed by atoms with van der Waals surface area (Å²) in [6.45, 7) is 2.31. The first kappa shape index (κ1) is 20.5. The van der Waals surface area contributed by atoms with E-state index in [-0.39, 0.29) is 12.1 Å². The summed E-state index contributed by atoms with van der Waals surface area (Å²) in [7, 11) is 3.17. The van der Waals surface area contributed by atoms with Crippen molar-refractivity contribution in [2.45, 2.75) is 26.4 Å². The SMILES string of the molecule is COc1ccc(CCn2cnc3c4cc(C)ccc4n(CC(N)=O)c3c2=O)cc1OC. The Bertz CT molecular complexity index is 1350. The molecule has 0 aliphatic heterocycles. The van der Waals surface area contributed by atoms with Gasteiger partial charge in [-0.2, -0.15) is 0 Å². The fraction of sp³-hybridized carbons (Fsp3) is 0.261. The summed E-state index contributed by atoms with van der Waals surface area (Å²) in [4.78, 5) is 29.6. The predicted octanol–water partition coefficient (Wildman–Crippen LogP) is 2.40. The number of rotatable bonds is 7. The molecule has 0 radical (unpaired) electrons. The molecule has 2 aromatic heterocycles. The Hall–Kier alpha value is -3.81. The van der Waals surface area contributed by atoms with E-state index in [9.17, 15) is 9.59 Å². The standard InChI is InChI=1S/C23H24N4O4/c1-14-4-6-17-16(10-14)21-22(27(17)12-20(24)28)23(29)26(13-25-21)9-8-15-5-7-18(30-2)19(11-15)31-3/h4-7,10-11,13H,8-9,12H2,1-3H3,(H2,24,28). The lowest BCUT2D eigenvalue weighted by Gasteiger charge is -2.11. The molecule has 31 heavy (non-hydrogen) atoms. The van der Waals surface area contributed by atoms with Crippen LogP contribution in [-0.4, -0.2) is 34.2 Å². The summed E-state index contributed by atoms with van der Waals surface area (Å²) in [5.41, 5.74) is 9.02. The molecule has 0 atom stereocenters. The molecular formula is C23H24N4O4. The van der Waals surface area contributed by atoms with Gasteiger partial charge in [-0.25, -0.2) is 4.98 Å². The van der Waals surface area contributed by atoms with Crippen LogP contribution in [0, 0.1) is 6.92 Å². The molecule has 8 heteroatoms. The van der Waals surface area contributed by atoms with E-state index >= 15 is 0 Å². The van der Waals surface area contributed by atoms with E-state index in [0.717, 1.165) is 22.0 Å². The molecule has 0 saturated heterocycles. The molecule has 4 rings (SSSR count). The van der Waals surface area contributed by atoms with Gasteiger partial charge in [0.25, 0.3) is 5.56 Å². The maximum Gasteiger partial charge on any atom is 0.277 e. The number of hydrogen-bond donors (Lipinski definition) is 1. The molecule has 8 nitrogen and oxygen atoms in total. The first-order valence-electron chi connectivity index (χ1n) is 9.90. The van der Waals surface area contributed by atoms with Crippen LogP contribution < -0.4 is 20.8 Å². The van der Waals surface area contributed by atoms with Crippen LogP contribution >= 0.6 is 0 Å². The van der Waals surface area contributed by atoms with Gasteiger partial charge in [0.2, 0.25) is 5.91 Å². The number of nitrogens with two attached hydrogens (primary N) is 1. The van der Waals surface area contributed by atoms with Gasteiger partial charge in [-0.15, -0.1) is 0 Å². The number of fused-ring (bicyclic) bond motifs is 3. The molecule has 0 aliphatic rings. The van der Waals surface area contributed by atoms with E-state index in [0.29, 0.717) is 35.5 Å². The summed E-state index contributed by atoms with van der Waals surface area (Å²) in [5.74, 6) is 0.773. The first-order chi connectivity index (χ1) is 14.9. The lowest BCUT2D eigenvalue weighted by Crippen LogP contribution is -2.26. The Balaban J connectivity index is 1.76. The van der Waals surface area contributed by atoms with Crippen LogP contribution in [0.3, 0.4) is 0 Å². The zero-order valence-electron chi connectivity index (χ0n) is 17.7. The number of aromatic nitrogens is 3. The molecule has 0 spiro atoms. The third-order valence-electron chi connectivity index (χ3n) is 5.39. The van der Waals surface area contributed by atoms with Crippen molar-refractivity contribution < 1.29 is 14.3 Å². The number of methoxy groups -OCH3 is 2. The van der Waals surface area contributed by atoms with E-state index in [1.807, 2.05) is 43.3 Å². The maximum absolute atomic E-state index is 13.3. The molecule has 0 bridgehead atoms. The largest absolute Gasteiger partial charge is 0.493 e. The third kappa shape index (κ3) is 3.72. The van der Waals surface area contributed by atoms with Gasteiger partial charge in [-0.3, -0.25) is 14.2 Å². The van der Waals surface area contributed by atoms with Gasteiger partial charge in [0.15, 0.2) is 11.5 Å². The molecule has 4 aromatic rings. The highest BCUT2D eigenvalue weighted by atomic mass is 16.5. The van der Waals surface area contributed by atoms with E-state index in [1.165, 1.54) is 0 Å². The summed E-state index contributed by atoms with van der Waals surface area (Å²) in [6, 6.07) is 11.5. The predicted molar refractivity (Wildman–Crippen MR) is 119 cm³/mol. The van der Waals surface area contributed by atoms with Gasteiger partial charge in [0, 0.05) is 11.9 Å². The molecule has 2 heterocycles. The highest BCUT2D eigenvalue weighted by molar-refractivity contribution is 6.06. The Morgan fingerprint density at radius 2 is 1.87 bits per heavy atom. The third-order valence-corrected chi connectivity index (χ3v) is 5.39. The molecule has 0 aliphatic carbocycles. The summed E-state index contributed by atoms with van der Waals surface area (Å²) < 4.78 is 13.8. The van der Waals surface area contributed by atoms with Crippen molar-refractivity contribution in [3.8, 4) is 11.5 Å². The highest BCUT2D eigenvalue weighted by Crippen LogP contribution is 2.28. The van der Waals surface area contributed by atoms with Gasteiger partial charge in [-0.1, -0.05) is 17.7 Å². The van der Waals surface area contributed by atoms with E-state index in [4.69, 9.17) is 15.2 Å². The van der Waals surface area contributed by atoms with Crippen molar-refractivity contribution >= 4 is 27.8 Å². The fourth-order valence-electron chi connectivity index (χ4n) is 3.88. The Morgan fingerprint density at radius 3 is 2.58 bits per heavy atom. The van der Waals surface area contributed by atoms with Gasteiger partial charge in [0.05, 0.1) is 26.1 Å². The zero-order chi connectivity index (χ0) is 22.1. The van der Waals surface area contributed by atoms with Crippen molar-refractivity contribution in [2.75, 3.05) is 14.2 Å². The molecular weight excluding hydrogens is 396 g/mol. The number of carbonyl (C=O) groups excluding carboxylic acids is 1. The Labute approximate surface area is 178 Å². The van der Waals surface area contributed by atoms with Gasteiger partial charge in [-0.05, 0) is 43.2 Å². The summed E-state index contributed by atoms with van der Waals surface area (Å²) in [6.07, 6.45) is 2.16. The maximum atomic E-state index is 13.3. The average molecular weight is 420 g/mol. The number of benzene rings is 2. The van der Waals surface area contributed by atoms with Crippen LogP contribution in [0.5, 0.6) is 11.5 Å². The van der Waals surface area contributed by atoms with Crippen LogP contribution in [0.15, 0.2) is 47.5 Å². The minimum absolute atomic E-state index is 0.0837. The number of primary amides is 1. The van der Waals surface area contributed by atoms with Crippen molar-refractivity contribution in [3.05, 3.63) is 64.2 Å². The Morgan fingerprint density at radius 1 is 1.10 bits per heavy atom. The molecule has 2 N–H and O–H groups in total. The second-order valence-electron chi connectivity index (χ2n) is 7.45. The van der Waals surface area contributed by atoms with Gasteiger partial charge < -0.3 is 19.8 Å². The topological polar surface area (TPSA) is 101 Å². The lowest BCUT2D eigenvalue weighted by atomic mass is 10.1. The van der Waals surface area contributed by atoms with Crippen molar-refractivity contribution in [2.24, 2.45) is 5.73 Å². The van der Waals surface area contributed by atoms with E-state index < -0.39 is 5.91 Å². The van der Waals surface area contributed by atoms with Crippen LogP contribution in [0.2, 0.25) is 0 Å².